The van der Waals surface area contributed by atoms with Crippen LogP contribution in [0.5, 0.6) is 0 Å². The van der Waals surface area contributed by atoms with Crippen LogP contribution in [0.1, 0.15) is 6.42 Å². The first-order valence-corrected chi connectivity index (χ1v) is 5.64. The van der Waals surface area contributed by atoms with Crippen LogP contribution in [0.4, 0.5) is 0 Å². The molecule has 98 valence electrons. The molecule has 0 rings (SSSR count). The molecule has 0 fully saturated rings. The van der Waals surface area contributed by atoms with Crippen LogP contribution < -0.4 is 5.32 Å². The maximum atomic E-state index is 5.40. The highest BCUT2D eigenvalue weighted by Crippen LogP contribution is 1.88. The van der Waals surface area contributed by atoms with Gasteiger partial charge in [0, 0.05) is 47.6 Å². The Balaban J connectivity index is 3.12. The van der Waals surface area contributed by atoms with Crippen molar-refractivity contribution < 1.29 is 18.9 Å². The minimum Gasteiger partial charge on any atom is -0.385 e. The van der Waals surface area contributed by atoms with E-state index in [4.69, 9.17) is 18.9 Å². The summed E-state index contributed by atoms with van der Waals surface area (Å²) in [7, 11) is 5.06. The predicted octanol–water partition coefficient (Wildman–Crippen LogP) is 0.291. The molecular weight excluding hydrogens is 210 g/mol. The van der Waals surface area contributed by atoms with Gasteiger partial charge in [-0.3, -0.25) is 0 Å². The highest BCUT2D eigenvalue weighted by atomic mass is 16.5. The third-order valence-electron chi connectivity index (χ3n) is 2.12. The molecule has 0 radical (unpaired) electrons. The molecule has 0 aromatic carbocycles. The minimum absolute atomic E-state index is 0.110. The summed E-state index contributed by atoms with van der Waals surface area (Å²) in [5, 5.41) is 3.25. The standard InChI is InChI=1S/C11H25NO4/c1-13-6-4-7-16-8-5-12-9-11(15-3)10-14-2/h11-12H,4-10H2,1-3H3. The van der Waals surface area contributed by atoms with Crippen LogP contribution in [0.2, 0.25) is 0 Å². The van der Waals surface area contributed by atoms with Crippen molar-refractivity contribution in [1.29, 1.82) is 0 Å². The van der Waals surface area contributed by atoms with Crippen molar-refractivity contribution in [3.8, 4) is 0 Å². The largest absolute Gasteiger partial charge is 0.385 e. The molecule has 0 saturated carbocycles. The second kappa shape index (κ2) is 12.9. The summed E-state index contributed by atoms with van der Waals surface area (Å²) < 4.78 is 20.5. The summed E-state index contributed by atoms with van der Waals surface area (Å²) in [5.74, 6) is 0. The summed E-state index contributed by atoms with van der Waals surface area (Å²) in [6, 6.07) is 0. The molecule has 16 heavy (non-hydrogen) atoms. The van der Waals surface area contributed by atoms with Crippen LogP contribution in [-0.2, 0) is 18.9 Å². The smallest absolute Gasteiger partial charge is 0.0928 e. The fourth-order valence-corrected chi connectivity index (χ4v) is 1.21. The normalized spacial score (nSPS) is 12.9. The molecule has 0 bridgehead atoms. The Hall–Kier alpha value is -0.200. The average molecular weight is 235 g/mol. The molecule has 0 heterocycles. The van der Waals surface area contributed by atoms with Gasteiger partial charge in [0.25, 0.3) is 0 Å². The maximum absolute atomic E-state index is 5.40. The molecule has 0 spiro atoms. The third-order valence-corrected chi connectivity index (χ3v) is 2.12. The third kappa shape index (κ3) is 10.3. The van der Waals surface area contributed by atoms with Crippen molar-refractivity contribution in [3.05, 3.63) is 0 Å². The van der Waals surface area contributed by atoms with Crippen molar-refractivity contribution in [3.63, 3.8) is 0 Å². The number of nitrogens with one attached hydrogen (secondary N) is 1. The molecule has 0 aromatic rings. The highest BCUT2D eigenvalue weighted by Gasteiger charge is 2.04. The number of methoxy groups -OCH3 is 3. The molecule has 0 aliphatic carbocycles. The highest BCUT2D eigenvalue weighted by molar-refractivity contribution is 4.59. The second-order valence-electron chi connectivity index (χ2n) is 3.48. The number of ether oxygens (including phenoxy) is 4. The van der Waals surface area contributed by atoms with Crippen molar-refractivity contribution >= 4 is 0 Å². The summed E-state index contributed by atoms with van der Waals surface area (Å²) in [6.07, 6.45) is 1.06. The van der Waals surface area contributed by atoms with Gasteiger partial charge in [-0.05, 0) is 6.42 Å². The molecule has 0 aliphatic heterocycles. The lowest BCUT2D eigenvalue weighted by Gasteiger charge is -2.14. The van der Waals surface area contributed by atoms with Crippen LogP contribution >= 0.6 is 0 Å². The van der Waals surface area contributed by atoms with E-state index in [1.165, 1.54) is 0 Å². The Morgan fingerprint density at radius 2 is 1.81 bits per heavy atom. The molecule has 0 aliphatic rings. The Morgan fingerprint density at radius 1 is 1.00 bits per heavy atom. The first kappa shape index (κ1) is 15.8. The molecule has 0 saturated heterocycles. The molecular formula is C11H25NO4. The fourth-order valence-electron chi connectivity index (χ4n) is 1.21. The van der Waals surface area contributed by atoms with Gasteiger partial charge in [-0.15, -0.1) is 0 Å². The van der Waals surface area contributed by atoms with Crippen molar-refractivity contribution in [2.24, 2.45) is 0 Å². The van der Waals surface area contributed by atoms with Gasteiger partial charge in [-0.2, -0.15) is 0 Å². The summed E-state index contributed by atoms with van der Waals surface area (Å²) in [6.45, 7) is 4.45. The van der Waals surface area contributed by atoms with Crippen molar-refractivity contribution in [2.75, 3.05) is 60.8 Å². The molecule has 0 aromatic heterocycles. The van der Waals surface area contributed by atoms with Crippen LogP contribution in [0.3, 0.4) is 0 Å². The monoisotopic (exact) mass is 235 g/mol. The number of hydrogen-bond acceptors (Lipinski definition) is 5. The quantitative estimate of drug-likeness (QED) is 0.493. The average Bonchev–Trinajstić information content (AvgIpc) is 2.31. The summed E-state index contributed by atoms with van der Waals surface area (Å²) in [4.78, 5) is 0. The molecule has 1 atom stereocenters. The molecule has 1 unspecified atom stereocenters. The summed E-state index contributed by atoms with van der Waals surface area (Å²) in [5.41, 5.74) is 0. The Bertz CT molecular complexity index is 135. The zero-order valence-electron chi connectivity index (χ0n) is 10.7. The van der Waals surface area contributed by atoms with E-state index in [1.54, 1.807) is 21.3 Å². The van der Waals surface area contributed by atoms with Crippen molar-refractivity contribution in [2.45, 2.75) is 12.5 Å². The zero-order valence-corrected chi connectivity index (χ0v) is 10.7. The van der Waals surface area contributed by atoms with Gasteiger partial charge in [0.2, 0.25) is 0 Å². The Morgan fingerprint density at radius 3 is 2.44 bits per heavy atom. The lowest BCUT2D eigenvalue weighted by molar-refractivity contribution is 0.0273. The molecule has 5 nitrogen and oxygen atoms in total. The maximum Gasteiger partial charge on any atom is 0.0928 e. The van der Waals surface area contributed by atoms with Crippen LogP contribution in [0.15, 0.2) is 0 Å². The van der Waals surface area contributed by atoms with E-state index in [0.717, 1.165) is 32.7 Å². The van der Waals surface area contributed by atoms with Crippen LogP contribution in [0, 0.1) is 0 Å². The second-order valence-corrected chi connectivity index (χ2v) is 3.48. The fraction of sp³-hybridized carbons (Fsp3) is 1.00. The molecule has 1 N–H and O–H groups in total. The van der Waals surface area contributed by atoms with Gasteiger partial charge in [0.1, 0.15) is 0 Å². The van der Waals surface area contributed by atoms with E-state index < -0.39 is 0 Å². The first-order valence-electron chi connectivity index (χ1n) is 5.64. The van der Waals surface area contributed by atoms with E-state index in [1.807, 2.05) is 0 Å². The topological polar surface area (TPSA) is 49.0 Å². The van der Waals surface area contributed by atoms with Gasteiger partial charge in [0.05, 0.1) is 19.3 Å². The van der Waals surface area contributed by atoms with E-state index in [0.29, 0.717) is 13.2 Å². The lowest BCUT2D eigenvalue weighted by Crippen LogP contribution is -2.33. The molecule has 0 amide bonds. The minimum atomic E-state index is 0.110. The van der Waals surface area contributed by atoms with Gasteiger partial charge < -0.3 is 24.3 Å². The summed E-state index contributed by atoms with van der Waals surface area (Å²) >= 11 is 0. The van der Waals surface area contributed by atoms with Crippen LogP contribution in [0.25, 0.3) is 0 Å². The number of rotatable bonds is 12. The predicted molar refractivity (Wildman–Crippen MR) is 62.9 cm³/mol. The van der Waals surface area contributed by atoms with Gasteiger partial charge in [0.15, 0.2) is 0 Å². The van der Waals surface area contributed by atoms with Crippen molar-refractivity contribution in [1.82, 2.24) is 5.32 Å². The first-order chi connectivity index (χ1) is 7.85. The van der Waals surface area contributed by atoms with E-state index >= 15 is 0 Å². The van der Waals surface area contributed by atoms with Gasteiger partial charge in [-0.1, -0.05) is 0 Å². The van der Waals surface area contributed by atoms with E-state index in [9.17, 15) is 0 Å². The van der Waals surface area contributed by atoms with E-state index in [2.05, 4.69) is 5.32 Å². The van der Waals surface area contributed by atoms with Gasteiger partial charge >= 0.3 is 0 Å². The van der Waals surface area contributed by atoms with Crippen LogP contribution in [-0.4, -0.2) is 67.0 Å². The molecule has 5 heteroatoms. The Labute approximate surface area is 98.4 Å². The van der Waals surface area contributed by atoms with E-state index in [-0.39, 0.29) is 6.10 Å². The zero-order chi connectivity index (χ0) is 12.1. The SMILES string of the molecule is COCCCOCCNCC(COC)OC. The number of hydrogen-bond donors (Lipinski definition) is 1. The van der Waals surface area contributed by atoms with Gasteiger partial charge in [-0.25, -0.2) is 0 Å². The lowest BCUT2D eigenvalue weighted by atomic mass is 10.3. The Kier molecular flexibility index (Phi) is 12.7.